The molecule has 0 saturated heterocycles. The number of nitrogens with one attached hydrogen (secondary N) is 1. The molecule has 0 aliphatic rings. The number of nitrogens with zero attached hydrogens (tertiary/aromatic N) is 2. The first-order chi connectivity index (χ1) is 14.3. The average Bonchev–Trinajstić information content (AvgIpc) is 2.73. The molecular formula is C22H20FN3O4. The van der Waals surface area contributed by atoms with E-state index in [0.29, 0.717) is 16.9 Å². The molecule has 0 bridgehead atoms. The highest BCUT2D eigenvalue weighted by atomic mass is 19.1. The first-order valence-electron chi connectivity index (χ1n) is 9.24. The minimum absolute atomic E-state index is 0.143. The van der Waals surface area contributed by atoms with Crippen LogP contribution in [0.1, 0.15) is 28.7 Å². The zero-order chi connectivity index (χ0) is 21.7. The predicted molar refractivity (Wildman–Crippen MR) is 108 cm³/mol. The van der Waals surface area contributed by atoms with E-state index >= 15 is 0 Å². The highest BCUT2D eigenvalue weighted by molar-refractivity contribution is 5.90. The summed E-state index contributed by atoms with van der Waals surface area (Å²) in [6, 6.07) is 15.9. The molecule has 0 radical (unpaired) electrons. The number of hydrogen-bond donors (Lipinski definition) is 1. The van der Waals surface area contributed by atoms with Gasteiger partial charge in [0.25, 0.3) is 5.91 Å². The van der Waals surface area contributed by atoms with Crippen LogP contribution in [0, 0.1) is 12.7 Å². The zero-order valence-electron chi connectivity index (χ0n) is 16.5. The molecular weight excluding hydrogens is 389 g/mol. The van der Waals surface area contributed by atoms with E-state index < -0.39 is 29.1 Å². The molecule has 1 unspecified atom stereocenters. The molecule has 154 valence electrons. The molecule has 0 aliphatic carbocycles. The summed E-state index contributed by atoms with van der Waals surface area (Å²) in [7, 11) is 0. The van der Waals surface area contributed by atoms with Crippen molar-refractivity contribution in [2.75, 3.05) is 0 Å². The lowest BCUT2D eigenvalue weighted by Crippen LogP contribution is -2.36. The van der Waals surface area contributed by atoms with E-state index in [4.69, 9.17) is 4.74 Å². The van der Waals surface area contributed by atoms with Gasteiger partial charge in [-0.3, -0.25) is 9.59 Å². The van der Waals surface area contributed by atoms with Gasteiger partial charge in [-0.2, -0.15) is 5.10 Å². The van der Waals surface area contributed by atoms with E-state index in [2.05, 4.69) is 10.4 Å². The molecule has 1 atom stereocenters. The summed E-state index contributed by atoms with van der Waals surface area (Å²) in [5, 5.41) is 6.71. The summed E-state index contributed by atoms with van der Waals surface area (Å²) in [5.41, 5.74) is 0.905. The van der Waals surface area contributed by atoms with Crippen molar-refractivity contribution >= 4 is 11.9 Å². The number of ether oxygens (including phenoxy) is 1. The Hall–Kier alpha value is -3.81. The number of para-hydroxylation sites is 1. The smallest absolute Gasteiger partial charge is 0.363 e. The molecule has 0 fully saturated rings. The fraction of sp³-hybridized carbons (Fsp3) is 0.182. The monoisotopic (exact) mass is 409 g/mol. The lowest BCUT2D eigenvalue weighted by atomic mass is 10.2. The lowest BCUT2D eigenvalue weighted by Gasteiger charge is -2.14. The van der Waals surface area contributed by atoms with Crippen LogP contribution in [0.15, 0.2) is 65.5 Å². The van der Waals surface area contributed by atoms with Crippen LogP contribution in [0.3, 0.4) is 0 Å². The van der Waals surface area contributed by atoms with Crippen LogP contribution in [0.5, 0.6) is 0 Å². The van der Waals surface area contributed by atoms with E-state index in [1.54, 1.807) is 31.2 Å². The first-order valence-corrected chi connectivity index (χ1v) is 9.24. The summed E-state index contributed by atoms with van der Waals surface area (Å²) >= 11 is 0. The fourth-order valence-electron chi connectivity index (χ4n) is 2.72. The minimum atomic E-state index is -1.15. The molecule has 0 saturated carbocycles. The number of hydrogen-bond acceptors (Lipinski definition) is 5. The molecule has 0 spiro atoms. The number of rotatable bonds is 6. The summed E-state index contributed by atoms with van der Waals surface area (Å²) in [5.74, 6) is -1.92. The number of carbonyl (C=O) groups is 2. The number of benzene rings is 2. The lowest BCUT2D eigenvalue weighted by molar-refractivity contribution is -0.129. The molecule has 3 aromatic rings. The van der Waals surface area contributed by atoms with Crippen LogP contribution in [-0.4, -0.2) is 27.8 Å². The van der Waals surface area contributed by atoms with Crippen molar-refractivity contribution in [1.82, 2.24) is 15.1 Å². The summed E-state index contributed by atoms with van der Waals surface area (Å²) in [6.45, 7) is 3.23. The molecule has 1 aromatic heterocycles. The quantitative estimate of drug-likeness (QED) is 0.632. The van der Waals surface area contributed by atoms with Gasteiger partial charge in [-0.15, -0.1) is 0 Å². The van der Waals surface area contributed by atoms with Crippen LogP contribution < -0.4 is 10.7 Å². The van der Waals surface area contributed by atoms with Gasteiger partial charge >= 0.3 is 5.97 Å². The topological polar surface area (TPSA) is 90.3 Å². The molecule has 2 aromatic carbocycles. The Kier molecular flexibility index (Phi) is 6.36. The Balaban J connectivity index is 1.69. The van der Waals surface area contributed by atoms with Crippen LogP contribution in [-0.2, 0) is 16.1 Å². The number of halogens is 1. The largest absolute Gasteiger partial charge is 0.448 e. The zero-order valence-corrected chi connectivity index (χ0v) is 16.5. The van der Waals surface area contributed by atoms with E-state index in [0.717, 1.165) is 0 Å². The van der Waals surface area contributed by atoms with E-state index in [1.807, 2.05) is 6.07 Å². The van der Waals surface area contributed by atoms with Gasteiger partial charge in [0, 0.05) is 18.3 Å². The Morgan fingerprint density at radius 1 is 1.13 bits per heavy atom. The van der Waals surface area contributed by atoms with Gasteiger partial charge in [0.1, 0.15) is 5.82 Å². The van der Waals surface area contributed by atoms with E-state index in [-0.39, 0.29) is 12.4 Å². The van der Waals surface area contributed by atoms with Crippen LogP contribution >= 0.6 is 0 Å². The van der Waals surface area contributed by atoms with Crippen molar-refractivity contribution in [1.29, 1.82) is 0 Å². The molecule has 3 rings (SSSR count). The summed E-state index contributed by atoms with van der Waals surface area (Å²) in [6.07, 6.45) is -1.15. The van der Waals surface area contributed by atoms with Gasteiger partial charge in [-0.1, -0.05) is 30.3 Å². The maximum Gasteiger partial charge on any atom is 0.363 e. The van der Waals surface area contributed by atoms with Gasteiger partial charge in [-0.25, -0.2) is 13.9 Å². The summed E-state index contributed by atoms with van der Waals surface area (Å²) in [4.78, 5) is 36.9. The Morgan fingerprint density at radius 2 is 1.80 bits per heavy atom. The normalized spacial score (nSPS) is 11.6. The minimum Gasteiger partial charge on any atom is -0.448 e. The maximum atomic E-state index is 12.9. The SMILES string of the molecule is Cc1cc(=O)c(C(=O)OC(C)C(=O)NCc2ccc(F)cc2)nn1-c1ccccc1. The van der Waals surface area contributed by atoms with Gasteiger partial charge < -0.3 is 10.1 Å². The molecule has 8 heteroatoms. The van der Waals surface area contributed by atoms with Crippen molar-refractivity contribution in [3.05, 3.63) is 93.7 Å². The van der Waals surface area contributed by atoms with Crippen molar-refractivity contribution in [2.45, 2.75) is 26.5 Å². The number of aromatic nitrogens is 2. The maximum absolute atomic E-state index is 12.9. The van der Waals surface area contributed by atoms with Gasteiger partial charge in [-0.05, 0) is 43.7 Å². The van der Waals surface area contributed by atoms with Crippen LogP contribution in [0.2, 0.25) is 0 Å². The first kappa shape index (κ1) is 20.9. The van der Waals surface area contributed by atoms with Crippen molar-refractivity contribution < 1.29 is 18.7 Å². The number of esters is 1. The molecule has 7 nitrogen and oxygen atoms in total. The Labute approximate surface area is 172 Å². The second-order valence-corrected chi connectivity index (χ2v) is 6.64. The van der Waals surface area contributed by atoms with Gasteiger partial charge in [0.05, 0.1) is 5.69 Å². The molecule has 0 aliphatic heterocycles. The molecule has 1 heterocycles. The number of aryl methyl sites for hydroxylation is 1. The van der Waals surface area contributed by atoms with Gasteiger partial charge in [0.15, 0.2) is 6.10 Å². The third-order valence-electron chi connectivity index (χ3n) is 4.33. The molecule has 1 N–H and O–H groups in total. The Morgan fingerprint density at radius 3 is 2.47 bits per heavy atom. The average molecular weight is 409 g/mol. The second-order valence-electron chi connectivity index (χ2n) is 6.64. The predicted octanol–water partition coefficient (Wildman–Crippen LogP) is 2.54. The fourth-order valence-corrected chi connectivity index (χ4v) is 2.72. The second kappa shape index (κ2) is 9.13. The highest BCUT2D eigenvalue weighted by Gasteiger charge is 2.23. The third kappa shape index (κ3) is 4.96. The van der Waals surface area contributed by atoms with E-state index in [1.165, 1.54) is 41.9 Å². The van der Waals surface area contributed by atoms with Crippen LogP contribution in [0.25, 0.3) is 5.69 Å². The number of amides is 1. The van der Waals surface area contributed by atoms with Crippen molar-refractivity contribution in [2.24, 2.45) is 0 Å². The standard InChI is InChI=1S/C22H20FN3O4/c1-14-12-19(27)20(25-26(14)18-6-4-3-5-7-18)22(29)30-15(2)21(28)24-13-16-8-10-17(23)11-9-16/h3-12,15H,13H2,1-2H3,(H,24,28). The highest BCUT2D eigenvalue weighted by Crippen LogP contribution is 2.09. The van der Waals surface area contributed by atoms with E-state index in [9.17, 15) is 18.8 Å². The molecule has 30 heavy (non-hydrogen) atoms. The Bertz CT molecular complexity index is 1110. The van der Waals surface area contributed by atoms with Crippen molar-refractivity contribution in [3.8, 4) is 5.69 Å². The van der Waals surface area contributed by atoms with Crippen molar-refractivity contribution in [3.63, 3.8) is 0 Å². The third-order valence-corrected chi connectivity index (χ3v) is 4.33. The van der Waals surface area contributed by atoms with Crippen LogP contribution in [0.4, 0.5) is 4.39 Å². The molecule has 1 amide bonds. The number of carbonyl (C=O) groups excluding carboxylic acids is 2. The summed E-state index contributed by atoms with van der Waals surface area (Å²) < 4.78 is 19.5. The van der Waals surface area contributed by atoms with Gasteiger partial charge in [0.2, 0.25) is 11.1 Å².